The van der Waals surface area contributed by atoms with Crippen LogP contribution in [0.3, 0.4) is 0 Å². The van der Waals surface area contributed by atoms with Crippen LogP contribution in [0.15, 0.2) is 24.3 Å². The third-order valence-corrected chi connectivity index (χ3v) is 5.82. The largest absolute Gasteiger partial charge is 0.327 e. The molecule has 0 aliphatic heterocycles. The van der Waals surface area contributed by atoms with E-state index in [9.17, 15) is 4.21 Å². The molecule has 1 aromatic rings. The van der Waals surface area contributed by atoms with Gasteiger partial charge in [0, 0.05) is 21.9 Å². The van der Waals surface area contributed by atoms with Crippen molar-refractivity contribution < 1.29 is 4.21 Å². The van der Waals surface area contributed by atoms with E-state index < -0.39 is 10.8 Å². The van der Waals surface area contributed by atoms with Crippen LogP contribution in [-0.2, 0) is 16.6 Å². The Bertz CT molecular complexity index is 424. The van der Waals surface area contributed by atoms with Gasteiger partial charge in [-0.25, -0.2) is 0 Å². The van der Waals surface area contributed by atoms with Gasteiger partial charge in [0.2, 0.25) is 0 Å². The zero-order valence-corrected chi connectivity index (χ0v) is 12.1. The summed E-state index contributed by atoms with van der Waals surface area (Å²) in [6.07, 6.45) is 5.51. The summed E-state index contributed by atoms with van der Waals surface area (Å²) >= 11 is 6.11. The van der Waals surface area contributed by atoms with Gasteiger partial charge in [0.1, 0.15) is 0 Å². The molecule has 1 aliphatic rings. The Morgan fingerprint density at radius 1 is 1.22 bits per heavy atom. The van der Waals surface area contributed by atoms with Crippen molar-refractivity contribution in [1.82, 2.24) is 0 Å². The molecular weight excluding hydrogens is 266 g/mol. The van der Waals surface area contributed by atoms with Crippen LogP contribution < -0.4 is 5.73 Å². The van der Waals surface area contributed by atoms with E-state index in [4.69, 9.17) is 17.3 Å². The molecular formula is C14H20ClNOS. The quantitative estimate of drug-likeness (QED) is 0.867. The third kappa shape index (κ3) is 3.56. The molecule has 3 atom stereocenters. The van der Waals surface area contributed by atoms with Crippen molar-refractivity contribution in [3.8, 4) is 0 Å². The van der Waals surface area contributed by atoms with Crippen molar-refractivity contribution in [3.05, 3.63) is 34.9 Å². The van der Waals surface area contributed by atoms with E-state index in [0.717, 1.165) is 24.8 Å². The lowest BCUT2D eigenvalue weighted by Gasteiger charge is -2.20. The SMILES string of the molecule is NC1CCCCCC1S(=O)Cc1ccccc1Cl. The molecule has 4 heteroatoms. The maximum Gasteiger partial charge on any atom is 0.0503 e. The summed E-state index contributed by atoms with van der Waals surface area (Å²) in [6.45, 7) is 0. The lowest BCUT2D eigenvalue weighted by molar-refractivity contribution is 0.574. The summed E-state index contributed by atoms with van der Waals surface area (Å²) in [7, 11) is -0.918. The fraction of sp³-hybridized carbons (Fsp3) is 0.571. The number of hydrogen-bond donors (Lipinski definition) is 1. The third-order valence-electron chi connectivity index (χ3n) is 3.60. The molecule has 100 valence electrons. The average molecular weight is 286 g/mol. The molecule has 3 unspecified atom stereocenters. The molecule has 0 bridgehead atoms. The molecule has 0 amide bonds. The van der Waals surface area contributed by atoms with Crippen LogP contribution in [0.1, 0.15) is 37.7 Å². The van der Waals surface area contributed by atoms with Gasteiger partial charge < -0.3 is 5.73 Å². The number of halogens is 1. The Balaban J connectivity index is 2.04. The smallest absolute Gasteiger partial charge is 0.0503 e. The molecule has 1 saturated carbocycles. The molecule has 1 aliphatic carbocycles. The molecule has 2 nitrogen and oxygen atoms in total. The zero-order chi connectivity index (χ0) is 13.0. The van der Waals surface area contributed by atoms with E-state index in [2.05, 4.69) is 0 Å². The van der Waals surface area contributed by atoms with Crippen LogP contribution in [0.2, 0.25) is 5.02 Å². The fourth-order valence-corrected chi connectivity index (χ4v) is 4.51. The minimum Gasteiger partial charge on any atom is -0.327 e. The van der Waals surface area contributed by atoms with Crippen LogP contribution in [0.5, 0.6) is 0 Å². The zero-order valence-electron chi connectivity index (χ0n) is 10.5. The summed E-state index contributed by atoms with van der Waals surface area (Å²) in [5.41, 5.74) is 7.11. The summed E-state index contributed by atoms with van der Waals surface area (Å²) in [4.78, 5) is 0. The van der Waals surface area contributed by atoms with Gasteiger partial charge in [0.05, 0.1) is 11.0 Å². The first kappa shape index (κ1) is 14.0. The van der Waals surface area contributed by atoms with E-state index in [-0.39, 0.29) is 11.3 Å². The monoisotopic (exact) mass is 285 g/mol. The van der Waals surface area contributed by atoms with Gasteiger partial charge in [0.25, 0.3) is 0 Å². The van der Waals surface area contributed by atoms with Gasteiger partial charge in [-0.05, 0) is 24.5 Å². The highest BCUT2D eigenvalue weighted by atomic mass is 35.5. The van der Waals surface area contributed by atoms with Crippen LogP contribution in [0, 0.1) is 0 Å². The summed E-state index contributed by atoms with van der Waals surface area (Å²) in [6, 6.07) is 7.71. The fourth-order valence-electron chi connectivity index (χ4n) is 2.50. The van der Waals surface area contributed by atoms with E-state index in [1.807, 2.05) is 24.3 Å². The van der Waals surface area contributed by atoms with Gasteiger partial charge in [0.15, 0.2) is 0 Å². The topological polar surface area (TPSA) is 43.1 Å². The van der Waals surface area contributed by atoms with E-state index in [1.165, 1.54) is 12.8 Å². The first-order chi connectivity index (χ1) is 8.68. The molecule has 1 aromatic carbocycles. The first-order valence-electron chi connectivity index (χ1n) is 6.54. The predicted octanol–water partition coefficient (Wildman–Crippen LogP) is 3.25. The lowest BCUT2D eigenvalue weighted by atomic mass is 10.1. The maximum absolute atomic E-state index is 12.5. The second kappa shape index (κ2) is 6.69. The van der Waals surface area contributed by atoms with Crippen LogP contribution in [-0.4, -0.2) is 15.5 Å². The Morgan fingerprint density at radius 2 is 1.94 bits per heavy atom. The van der Waals surface area contributed by atoms with E-state index >= 15 is 0 Å². The van der Waals surface area contributed by atoms with Crippen LogP contribution >= 0.6 is 11.6 Å². The molecule has 2 rings (SSSR count). The average Bonchev–Trinajstić information content (AvgIpc) is 2.57. The number of benzene rings is 1. The minimum atomic E-state index is -0.918. The Labute approximate surface area is 116 Å². The molecule has 0 heterocycles. The molecule has 0 aromatic heterocycles. The minimum absolute atomic E-state index is 0.0795. The highest BCUT2D eigenvalue weighted by Gasteiger charge is 2.26. The summed E-state index contributed by atoms with van der Waals surface area (Å²) in [5, 5.41) is 0.830. The molecule has 18 heavy (non-hydrogen) atoms. The van der Waals surface area contributed by atoms with Crippen molar-refractivity contribution in [2.75, 3.05) is 0 Å². The predicted molar refractivity (Wildman–Crippen MR) is 78.1 cm³/mol. The van der Waals surface area contributed by atoms with Crippen LogP contribution in [0.4, 0.5) is 0 Å². The van der Waals surface area contributed by atoms with E-state index in [1.54, 1.807) is 0 Å². The lowest BCUT2D eigenvalue weighted by Crippen LogP contribution is -2.37. The maximum atomic E-state index is 12.5. The number of nitrogens with two attached hydrogens (primary N) is 1. The number of hydrogen-bond acceptors (Lipinski definition) is 2. The van der Waals surface area contributed by atoms with Gasteiger partial charge in [-0.1, -0.05) is 49.1 Å². The second-order valence-corrected chi connectivity index (χ2v) is 7.02. The normalized spacial score (nSPS) is 26.6. The van der Waals surface area contributed by atoms with Crippen molar-refractivity contribution >= 4 is 22.4 Å². The van der Waals surface area contributed by atoms with Gasteiger partial charge in [-0.3, -0.25) is 4.21 Å². The first-order valence-corrected chi connectivity index (χ1v) is 8.30. The van der Waals surface area contributed by atoms with Crippen molar-refractivity contribution in [1.29, 1.82) is 0 Å². The summed E-state index contributed by atoms with van der Waals surface area (Å²) in [5.74, 6) is 0.526. The molecule has 1 fully saturated rings. The number of rotatable bonds is 3. The van der Waals surface area contributed by atoms with Crippen molar-refractivity contribution in [2.24, 2.45) is 5.73 Å². The van der Waals surface area contributed by atoms with E-state index in [0.29, 0.717) is 10.8 Å². The van der Waals surface area contributed by atoms with Crippen molar-refractivity contribution in [2.45, 2.75) is 49.1 Å². The Morgan fingerprint density at radius 3 is 2.72 bits per heavy atom. The van der Waals surface area contributed by atoms with Crippen molar-refractivity contribution in [3.63, 3.8) is 0 Å². The van der Waals surface area contributed by atoms with Crippen LogP contribution in [0.25, 0.3) is 0 Å². The summed E-state index contributed by atoms with van der Waals surface area (Å²) < 4.78 is 12.5. The molecule has 2 N–H and O–H groups in total. The van der Waals surface area contributed by atoms with Gasteiger partial charge >= 0.3 is 0 Å². The Hall–Kier alpha value is -0.380. The standard InChI is InChI=1S/C14H20ClNOS/c15-12-7-5-4-6-11(12)10-18(17)14-9-3-1-2-8-13(14)16/h4-7,13-14H,1-3,8-10,16H2. The highest BCUT2D eigenvalue weighted by Crippen LogP contribution is 2.24. The highest BCUT2D eigenvalue weighted by molar-refractivity contribution is 7.84. The molecule has 0 saturated heterocycles. The Kier molecular flexibility index (Phi) is 5.22. The molecule has 0 radical (unpaired) electrons. The van der Waals surface area contributed by atoms with Gasteiger partial charge in [-0.2, -0.15) is 0 Å². The van der Waals surface area contributed by atoms with Gasteiger partial charge in [-0.15, -0.1) is 0 Å². The second-order valence-electron chi connectivity index (χ2n) is 4.96. The molecule has 0 spiro atoms.